The Kier molecular flexibility index (Phi) is 6.10. The zero-order chi connectivity index (χ0) is 12.8. The third-order valence-corrected chi connectivity index (χ3v) is 1.52. The van der Waals surface area contributed by atoms with Crippen LogP contribution in [0.2, 0.25) is 0 Å². The Morgan fingerprint density at radius 3 is 2.25 bits per heavy atom. The number of rotatable bonds is 4. The third kappa shape index (κ3) is 9.51. The Morgan fingerprint density at radius 2 is 1.81 bits per heavy atom. The molecule has 0 aromatic heterocycles. The molecule has 0 aliphatic heterocycles. The molecule has 0 fully saturated rings. The Bertz CT molecular complexity index is 284. The number of ether oxygens (including phenoxy) is 2. The minimum absolute atomic E-state index is 0.0661. The molecule has 0 unspecified atom stereocenters. The van der Waals surface area contributed by atoms with Crippen molar-refractivity contribution >= 4 is 29.7 Å². The van der Waals surface area contributed by atoms with Gasteiger partial charge < -0.3 is 9.47 Å². The van der Waals surface area contributed by atoms with Crippen LogP contribution in [0.1, 0.15) is 40.0 Å². The van der Waals surface area contributed by atoms with E-state index in [9.17, 15) is 4.79 Å². The summed E-state index contributed by atoms with van der Waals surface area (Å²) in [6.45, 7) is 5.41. The fourth-order valence-corrected chi connectivity index (χ4v) is 1.06. The number of carbonyl (C=O) groups excluding carboxylic acids is 1. The second kappa shape index (κ2) is 6.52. The molecule has 0 aliphatic rings. The summed E-state index contributed by atoms with van der Waals surface area (Å²) in [7, 11) is 0. The van der Waals surface area contributed by atoms with Crippen LogP contribution in [0.3, 0.4) is 0 Å². The Hall–Kier alpha value is -1.04. The fourth-order valence-electron chi connectivity index (χ4n) is 0.954. The van der Waals surface area contributed by atoms with E-state index < -0.39 is 5.60 Å². The first kappa shape index (κ1) is 15.0. The van der Waals surface area contributed by atoms with E-state index in [0.717, 1.165) is 0 Å². The molecule has 0 atom stereocenters. The summed E-state index contributed by atoms with van der Waals surface area (Å²) in [5.41, 5.74) is -0.478. The molecule has 5 nitrogen and oxygen atoms in total. The summed E-state index contributed by atoms with van der Waals surface area (Å²) in [5.74, 6) is -0.357. The number of nitrogens with one attached hydrogen (secondary N) is 2. The van der Waals surface area contributed by atoms with Crippen LogP contribution in [0.5, 0.6) is 0 Å². The van der Waals surface area contributed by atoms with Crippen molar-refractivity contribution in [1.82, 2.24) is 0 Å². The highest BCUT2D eigenvalue weighted by Gasteiger charge is 2.15. The maximum atomic E-state index is 11.3. The van der Waals surface area contributed by atoms with E-state index in [4.69, 9.17) is 15.6 Å². The number of hydrogen-bond acceptors (Lipinski definition) is 5. The summed E-state index contributed by atoms with van der Waals surface area (Å²) in [6.07, 6.45) is 1.000. The van der Waals surface area contributed by atoms with E-state index in [0.29, 0.717) is 12.8 Å². The van der Waals surface area contributed by atoms with Gasteiger partial charge in [0.15, 0.2) is 5.90 Å². The van der Waals surface area contributed by atoms with Crippen LogP contribution in [0.25, 0.3) is 0 Å². The van der Waals surface area contributed by atoms with E-state index in [2.05, 4.69) is 17.4 Å². The molecule has 0 aromatic rings. The largest absolute Gasteiger partial charge is 0.460 e. The van der Waals surface area contributed by atoms with Crippen LogP contribution in [0.15, 0.2) is 0 Å². The van der Waals surface area contributed by atoms with Gasteiger partial charge in [-0.25, -0.2) is 0 Å². The topological polar surface area (TPSA) is 83.2 Å². The van der Waals surface area contributed by atoms with Gasteiger partial charge in [0.1, 0.15) is 5.60 Å². The van der Waals surface area contributed by atoms with Gasteiger partial charge in [0.2, 0.25) is 5.23 Å². The van der Waals surface area contributed by atoms with E-state index in [1.54, 1.807) is 20.8 Å². The lowest BCUT2D eigenvalue weighted by Crippen LogP contribution is -2.23. The molecular formula is C10H18N2O3S. The first-order valence-corrected chi connectivity index (χ1v) is 5.40. The van der Waals surface area contributed by atoms with Crippen molar-refractivity contribution in [3.63, 3.8) is 0 Å². The highest BCUT2D eigenvalue weighted by Crippen LogP contribution is 2.10. The average Bonchev–Trinajstić information content (AvgIpc) is 1.98. The lowest BCUT2D eigenvalue weighted by atomic mass is 10.2. The molecule has 0 aromatic carbocycles. The van der Waals surface area contributed by atoms with Gasteiger partial charge in [0.25, 0.3) is 0 Å². The zero-order valence-corrected chi connectivity index (χ0v) is 10.7. The van der Waals surface area contributed by atoms with Gasteiger partial charge in [0, 0.05) is 12.8 Å². The highest BCUT2D eigenvalue weighted by molar-refractivity contribution is 7.96. The van der Waals surface area contributed by atoms with Gasteiger partial charge in [-0.1, -0.05) is 12.6 Å². The Balaban J connectivity index is 3.70. The fraction of sp³-hybridized carbons (Fsp3) is 0.700. The van der Waals surface area contributed by atoms with Crippen LogP contribution in [0, 0.1) is 10.8 Å². The molecule has 0 radical (unpaired) electrons. The molecular weight excluding hydrogens is 228 g/mol. The molecule has 0 heterocycles. The number of hydrogen-bond donors (Lipinski definition) is 3. The van der Waals surface area contributed by atoms with Crippen LogP contribution in [0.4, 0.5) is 0 Å². The normalized spacial score (nSPS) is 10.8. The highest BCUT2D eigenvalue weighted by atomic mass is 32.1. The van der Waals surface area contributed by atoms with E-state index in [1.165, 1.54) is 0 Å². The first-order chi connectivity index (χ1) is 7.20. The summed E-state index contributed by atoms with van der Waals surface area (Å²) in [6, 6.07) is 0. The minimum atomic E-state index is -0.478. The SMILES string of the molecule is CC(C)(C)OC(=O)CCCC(=N)OC(=N)S. The van der Waals surface area contributed by atoms with Crippen molar-refractivity contribution in [2.24, 2.45) is 0 Å². The summed E-state index contributed by atoms with van der Waals surface area (Å²) >= 11 is 3.58. The summed E-state index contributed by atoms with van der Waals surface area (Å²) in [5, 5.41) is 13.8. The van der Waals surface area contributed by atoms with E-state index in [-0.39, 0.29) is 23.5 Å². The maximum absolute atomic E-state index is 11.3. The van der Waals surface area contributed by atoms with Crippen molar-refractivity contribution in [1.29, 1.82) is 10.8 Å². The lowest BCUT2D eigenvalue weighted by molar-refractivity contribution is -0.154. The van der Waals surface area contributed by atoms with Crippen molar-refractivity contribution in [2.45, 2.75) is 45.6 Å². The van der Waals surface area contributed by atoms with Gasteiger partial charge in [-0.05, 0) is 27.2 Å². The average molecular weight is 246 g/mol. The molecule has 0 spiro atoms. The molecule has 0 bridgehead atoms. The molecule has 0 aliphatic carbocycles. The molecule has 2 N–H and O–H groups in total. The molecule has 0 amide bonds. The van der Waals surface area contributed by atoms with Crippen LogP contribution in [-0.4, -0.2) is 22.7 Å². The third-order valence-electron chi connectivity index (χ3n) is 1.42. The smallest absolute Gasteiger partial charge is 0.306 e. The van der Waals surface area contributed by atoms with Gasteiger partial charge in [-0.2, -0.15) is 0 Å². The molecule has 6 heteroatoms. The number of esters is 1. The first-order valence-electron chi connectivity index (χ1n) is 4.95. The lowest BCUT2D eigenvalue weighted by Gasteiger charge is -2.19. The minimum Gasteiger partial charge on any atom is -0.460 e. The van der Waals surface area contributed by atoms with Gasteiger partial charge in [-0.15, -0.1) is 0 Å². The van der Waals surface area contributed by atoms with Crippen LogP contribution < -0.4 is 0 Å². The van der Waals surface area contributed by atoms with Gasteiger partial charge in [0.05, 0.1) is 0 Å². The van der Waals surface area contributed by atoms with Gasteiger partial charge in [-0.3, -0.25) is 15.6 Å². The van der Waals surface area contributed by atoms with Crippen molar-refractivity contribution in [2.75, 3.05) is 0 Å². The zero-order valence-electron chi connectivity index (χ0n) is 9.79. The van der Waals surface area contributed by atoms with E-state index in [1.807, 2.05) is 0 Å². The molecule has 0 saturated heterocycles. The Morgan fingerprint density at radius 1 is 1.25 bits per heavy atom. The predicted molar refractivity (Wildman–Crippen MR) is 65.2 cm³/mol. The Labute approximate surface area is 101 Å². The second-order valence-electron chi connectivity index (χ2n) is 4.27. The van der Waals surface area contributed by atoms with Crippen LogP contribution >= 0.6 is 12.6 Å². The maximum Gasteiger partial charge on any atom is 0.306 e. The predicted octanol–water partition coefficient (Wildman–Crippen LogP) is 2.36. The van der Waals surface area contributed by atoms with Crippen molar-refractivity contribution in [3.8, 4) is 0 Å². The quantitative estimate of drug-likeness (QED) is 0.308. The second-order valence-corrected chi connectivity index (χ2v) is 4.68. The van der Waals surface area contributed by atoms with Crippen LogP contribution in [-0.2, 0) is 14.3 Å². The number of thiol groups is 1. The van der Waals surface area contributed by atoms with Gasteiger partial charge >= 0.3 is 5.97 Å². The van der Waals surface area contributed by atoms with Crippen molar-refractivity contribution < 1.29 is 14.3 Å². The van der Waals surface area contributed by atoms with Crippen molar-refractivity contribution in [3.05, 3.63) is 0 Å². The van der Waals surface area contributed by atoms with E-state index >= 15 is 0 Å². The molecule has 0 rings (SSSR count). The molecule has 92 valence electrons. The monoisotopic (exact) mass is 246 g/mol. The standard InChI is InChI=1S/C10H18N2O3S/c1-10(2,3)15-8(13)6-4-5-7(11)14-9(12)16/h11H,4-6H2,1-3H3,(H2,12,16). The summed E-state index contributed by atoms with van der Waals surface area (Å²) in [4.78, 5) is 11.3. The molecule has 16 heavy (non-hydrogen) atoms. The number of carbonyl (C=O) groups is 1. The molecule has 0 saturated carbocycles. The summed E-state index contributed by atoms with van der Waals surface area (Å²) < 4.78 is 9.70.